The van der Waals surface area contributed by atoms with E-state index in [0.717, 1.165) is 12.0 Å². The second kappa shape index (κ2) is 4.76. The number of ether oxygens (including phenoxy) is 1. The highest BCUT2D eigenvalue weighted by Crippen LogP contribution is 2.49. The zero-order valence-corrected chi connectivity index (χ0v) is 12.0. The minimum atomic E-state index is -3.70. The van der Waals surface area contributed by atoms with Crippen LogP contribution in [0.2, 0.25) is 0 Å². The third kappa shape index (κ3) is 3.00. The topological polar surface area (TPSA) is 55.8 Å². The molecule has 0 fully saturated rings. The third-order valence-corrected chi connectivity index (χ3v) is 4.39. The van der Waals surface area contributed by atoms with Crippen LogP contribution in [-0.2, 0) is 11.0 Å². The molecule has 0 aliphatic carbocycles. The molecule has 0 saturated heterocycles. The van der Waals surface area contributed by atoms with Gasteiger partial charge in [-0.2, -0.15) is 0 Å². The summed E-state index contributed by atoms with van der Waals surface area (Å²) in [5.74, 6) is 0.954. The summed E-state index contributed by atoms with van der Waals surface area (Å²) in [7, 11) is -3.70. The van der Waals surface area contributed by atoms with Gasteiger partial charge in [0.2, 0.25) is 0 Å². The summed E-state index contributed by atoms with van der Waals surface area (Å²) in [5.41, 5.74) is 0.677. The van der Waals surface area contributed by atoms with Crippen molar-refractivity contribution < 1.29 is 18.7 Å². The quantitative estimate of drug-likeness (QED) is 0.683. The second-order valence-electron chi connectivity index (χ2n) is 4.92. The van der Waals surface area contributed by atoms with Crippen molar-refractivity contribution in [3.8, 4) is 11.5 Å². The molecule has 4 nitrogen and oxygen atoms in total. The number of hydrogen-bond acceptors (Lipinski definition) is 3. The minimum Gasteiger partial charge on any atom is -0.483 e. The monoisotopic (exact) mass is 290 g/mol. The molecular formula is C12H16ClO4P. The van der Waals surface area contributed by atoms with Crippen LogP contribution in [0.3, 0.4) is 0 Å². The number of hydrogen-bond donors (Lipinski definition) is 1. The number of halogens is 1. The Morgan fingerprint density at radius 2 is 2.28 bits per heavy atom. The molecule has 1 aromatic rings. The van der Waals surface area contributed by atoms with Crippen LogP contribution in [0, 0.1) is 0 Å². The van der Waals surface area contributed by atoms with E-state index in [9.17, 15) is 9.46 Å². The van der Waals surface area contributed by atoms with Crippen molar-refractivity contribution in [2.75, 3.05) is 12.0 Å². The Morgan fingerprint density at radius 3 is 2.94 bits per heavy atom. The van der Waals surface area contributed by atoms with Gasteiger partial charge in [0.25, 0.3) is 0 Å². The Morgan fingerprint density at radius 1 is 1.56 bits per heavy atom. The summed E-state index contributed by atoms with van der Waals surface area (Å²) in [6, 6.07) is 5.36. The first kappa shape index (κ1) is 13.7. The van der Waals surface area contributed by atoms with E-state index in [-0.39, 0.29) is 17.6 Å². The summed E-state index contributed by atoms with van der Waals surface area (Å²) >= 11 is 5.47. The minimum absolute atomic E-state index is 0.0785. The number of alkyl halides is 1. The first-order valence-electron chi connectivity index (χ1n) is 5.71. The van der Waals surface area contributed by atoms with Crippen LogP contribution < -0.4 is 9.26 Å². The van der Waals surface area contributed by atoms with Gasteiger partial charge in [-0.3, -0.25) is 0 Å². The van der Waals surface area contributed by atoms with Crippen molar-refractivity contribution in [2.45, 2.75) is 25.9 Å². The normalized spacial score (nSPS) is 19.8. The van der Waals surface area contributed by atoms with Gasteiger partial charge < -0.3 is 14.2 Å². The molecule has 100 valence electrons. The largest absolute Gasteiger partial charge is 0.483 e. The Bertz CT molecular complexity index is 501. The first-order valence-corrected chi connectivity index (χ1v) is 8.01. The van der Waals surface area contributed by atoms with Gasteiger partial charge in [0, 0.05) is 17.9 Å². The first-order chi connectivity index (χ1) is 8.33. The van der Waals surface area contributed by atoms with Gasteiger partial charge in [0.15, 0.2) is 11.5 Å². The van der Waals surface area contributed by atoms with Crippen LogP contribution in [0.25, 0.3) is 0 Å². The predicted octanol–water partition coefficient (Wildman–Crippen LogP) is 3.20. The van der Waals surface area contributed by atoms with Gasteiger partial charge in [-0.1, -0.05) is 12.1 Å². The molecule has 1 atom stereocenters. The molecule has 0 amide bonds. The Hall–Kier alpha value is -0.700. The molecular weight excluding hydrogens is 275 g/mol. The molecule has 0 radical (unpaired) electrons. The molecule has 1 aliphatic heterocycles. The van der Waals surface area contributed by atoms with Crippen molar-refractivity contribution >= 4 is 19.2 Å². The zero-order valence-electron chi connectivity index (χ0n) is 10.4. The average Bonchev–Trinajstić information content (AvgIpc) is 2.52. The second-order valence-corrected chi connectivity index (χ2v) is 7.21. The lowest BCUT2D eigenvalue weighted by Gasteiger charge is -2.19. The summed E-state index contributed by atoms with van der Waals surface area (Å²) in [6.07, 6.45) is 0.673. The van der Waals surface area contributed by atoms with Crippen LogP contribution in [0.4, 0.5) is 0 Å². The number of rotatable bonds is 4. The third-order valence-electron chi connectivity index (χ3n) is 2.66. The van der Waals surface area contributed by atoms with Crippen molar-refractivity contribution in [3.05, 3.63) is 23.8 Å². The maximum absolute atomic E-state index is 11.7. The molecule has 1 N–H and O–H groups in total. The maximum atomic E-state index is 11.7. The van der Waals surface area contributed by atoms with Gasteiger partial charge in [0.1, 0.15) is 5.60 Å². The molecule has 1 unspecified atom stereocenters. The molecule has 6 heteroatoms. The number of fused-ring (bicyclic) bond motifs is 1. The Labute approximate surface area is 111 Å². The molecule has 0 bridgehead atoms. The van der Waals surface area contributed by atoms with Crippen molar-refractivity contribution in [3.63, 3.8) is 0 Å². The molecule has 1 aliphatic rings. The van der Waals surface area contributed by atoms with Crippen LogP contribution in [0.1, 0.15) is 19.4 Å². The molecule has 2 rings (SSSR count). The fourth-order valence-electron chi connectivity index (χ4n) is 1.97. The van der Waals surface area contributed by atoms with Gasteiger partial charge in [-0.05, 0) is 19.9 Å². The highest BCUT2D eigenvalue weighted by molar-refractivity contribution is 7.53. The van der Waals surface area contributed by atoms with E-state index < -0.39 is 7.60 Å². The highest BCUT2D eigenvalue weighted by atomic mass is 35.5. The standard InChI is InChI=1S/C12H16ClO4P/c1-12(2)8-9-4-3-5-10(11(9)16-12)17-18(14,15)7-6-13/h3-5H,6-8H2,1-2H3,(H,14,15). The summed E-state index contributed by atoms with van der Waals surface area (Å²) in [6.45, 7) is 3.93. The highest BCUT2D eigenvalue weighted by Gasteiger charge is 2.33. The lowest BCUT2D eigenvalue weighted by Crippen LogP contribution is -2.24. The van der Waals surface area contributed by atoms with Crippen molar-refractivity contribution in [1.82, 2.24) is 0 Å². The Kier molecular flexibility index (Phi) is 3.63. The van der Waals surface area contributed by atoms with Crippen LogP contribution >= 0.6 is 19.2 Å². The van der Waals surface area contributed by atoms with Crippen LogP contribution in [0.5, 0.6) is 11.5 Å². The van der Waals surface area contributed by atoms with Gasteiger partial charge in [0.05, 0.1) is 6.16 Å². The summed E-state index contributed by atoms with van der Waals surface area (Å²) in [4.78, 5) is 9.62. The predicted molar refractivity (Wildman–Crippen MR) is 70.9 cm³/mol. The molecule has 1 aromatic carbocycles. The van der Waals surface area contributed by atoms with Crippen molar-refractivity contribution in [2.24, 2.45) is 0 Å². The lowest BCUT2D eigenvalue weighted by molar-refractivity contribution is 0.135. The van der Waals surface area contributed by atoms with E-state index in [1.807, 2.05) is 19.9 Å². The molecule has 0 aromatic heterocycles. The van der Waals surface area contributed by atoms with E-state index >= 15 is 0 Å². The average molecular weight is 291 g/mol. The molecule has 0 saturated carbocycles. The van der Waals surface area contributed by atoms with E-state index in [4.69, 9.17) is 20.9 Å². The maximum Gasteiger partial charge on any atom is 0.377 e. The van der Waals surface area contributed by atoms with E-state index in [2.05, 4.69) is 0 Å². The summed E-state index contributed by atoms with van der Waals surface area (Å²) in [5, 5.41) is 0. The van der Waals surface area contributed by atoms with Crippen LogP contribution in [-0.4, -0.2) is 22.5 Å². The van der Waals surface area contributed by atoms with Crippen molar-refractivity contribution in [1.29, 1.82) is 0 Å². The van der Waals surface area contributed by atoms with Gasteiger partial charge >= 0.3 is 7.60 Å². The fraction of sp³-hybridized carbons (Fsp3) is 0.500. The van der Waals surface area contributed by atoms with Crippen LogP contribution in [0.15, 0.2) is 18.2 Å². The molecule has 18 heavy (non-hydrogen) atoms. The molecule has 0 spiro atoms. The SMILES string of the molecule is CC1(C)Cc2cccc(OP(=O)(O)CCCl)c2O1. The van der Waals surface area contributed by atoms with Gasteiger partial charge in [-0.25, -0.2) is 4.57 Å². The molecule has 1 heterocycles. The fourth-order valence-corrected chi connectivity index (χ4v) is 3.36. The van der Waals surface area contributed by atoms with Gasteiger partial charge in [-0.15, -0.1) is 11.6 Å². The summed E-state index contributed by atoms with van der Waals surface area (Å²) < 4.78 is 22.7. The van der Waals surface area contributed by atoms with E-state index in [1.54, 1.807) is 12.1 Å². The van der Waals surface area contributed by atoms with E-state index in [0.29, 0.717) is 11.5 Å². The van der Waals surface area contributed by atoms with E-state index in [1.165, 1.54) is 0 Å². The number of benzene rings is 1. The lowest BCUT2D eigenvalue weighted by atomic mass is 10.0. The smallest absolute Gasteiger partial charge is 0.377 e. The zero-order chi connectivity index (χ0) is 13.4. The number of para-hydroxylation sites is 1. The Balaban J connectivity index is 2.27.